The van der Waals surface area contributed by atoms with Crippen LogP contribution in [0.3, 0.4) is 0 Å². The van der Waals surface area contributed by atoms with Crippen LogP contribution < -0.4 is 11.1 Å². The molecule has 1 fully saturated rings. The van der Waals surface area contributed by atoms with E-state index >= 15 is 0 Å². The van der Waals surface area contributed by atoms with Gasteiger partial charge < -0.3 is 21.1 Å². The molecule has 29 heavy (non-hydrogen) atoms. The van der Waals surface area contributed by atoms with Crippen molar-refractivity contribution in [2.24, 2.45) is 11.7 Å². The molecule has 1 aliphatic rings. The van der Waals surface area contributed by atoms with E-state index in [4.69, 9.17) is 5.73 Å². The average molecular weight is 400 g/mol. The highest BCUT2D eigenvalue weighted by molar-refractivity contribution is 5.98. The Balaban J connectivity index is 2.01. The van der Waals surface area contributed by atoms with Crippen molar-refractivity contribution in [2.45, 2.75) is 31.8 Å². The third kappa shape index (κ3) is 3.99. The van der Waals surface area contributed by atoms with Crippen LogP contribution in [0.4, 0.5) is 20.7 Å². The number of nitrogens with one attached hydrogen (secondary N) is 1. The van der Waals surface area contributed by atoms with Crippen molar-refractivity contribution in [2.75, 3.05) is 11.9 Å². The molecule has 152 valence electrons. The fourth-order valence-corrected chi connectivity index (χ4v) is 3.76. The first-order valence-electron chi connectivity index (χ1n) is 9.16. The van der Waals surface area contributed by atoms with Crippen LogP contribution in [0.15, 0.2) is 30.5 Å². The number of likely N-dealkylation sites (tertiary alicyclic amines) is 1. The molecule has 3 atom stereocenters. The maximum Gasteiger partial charge on any atom is 0.407 e. The molecule has 0 saturated carbocycles. The van der Waals surface area contributed by atoms with E-state index in [1.54, 1.807) is 0 Å². The molecule has 1 unspecified atom stereocenters. The molecular formula is C19H21FN6O3. The second-order valence-corrected chi connectivity index (χ2v) is 6.83. The predicted octanol–water partition coefficient (Wildman–Crippen LogP) is 2.71. The number of halogens is 1. The summed E-state index contributed by atoms with van der Waals surface area (Å²) in [5, 5.41) is 26.5. The Bertz CT molecular complexity index is 952. The third-order valence-electron chi connectivity index (χ3n) is 5.13. The summed E-state index contributed by atoms with van der Waals surface area (Å²) in [6, 6.07) is 6.66. The minimum Gasteiger partial charge on any atom is -0.465 e. The van der Waals surface area contributed by atoms with Crippen molar-refractivity contribution in [3.63, 3.8) is 0 Å². The second kappa shape index (κ2) is 8.18. The van der Waals surface area contributed by atoms with Gasteiger partial charge in [-0.2, -0.15) is 10.4 Å². The number of nitrogens with two attached hydrogens (primary N) is 1. The van der Waals surface area contributed by atoms with E-state index in [0.29, 0.717) is 18.5 Å². The van der Waals surface area contributed by atoms with Gasteiger partial charge in [0.25, 0.3) is 5.91 Å². The first-order chi connectivity index (χ1) is 13.8. The summed E-state index contributed by atoms with van der Waals surface area (Å²) in [4.78, 5) is 24.9. The van der Waals surface area contributed by atoms with E-state index in [2.05, 4.69) is 16.5 Å². The standard InChI is InChI=1S/C19H21FN6O3/c1-2-15-16(11(9-21)7-8-25(15)19(28)29)26-10-14(17(22)27)18(24-26)23-13-5-3-12(20)4-6-13/h3-6,10-11,15-16H,2,7-8H2,1H3,(H2,22,27)(H,23,24)(H,28,29)/t11-,15?,16-/m0/s1. The number of primary amides is 1. The molecule has 0 spiro atoms. The van der Waals surface area contributed by atoms with Crippen molar-refractivity contribution in [3.05, 3.63) is 41.8 Å². The maximum absolute atomic E-state index is 13.1. The van der Waals surface area contributed by atoms with Crippen molar-refractivity contribution < 1.29 is 19.1 Å². The molecule has 1 aromatic carbocycles. The zero-order valence-corrected chi connectivity index (χ0v) is 15.7. The number of nitrogens with zero attached hydrogens (tertiary/aromatic N) is 4. The van der Waals surface area contributed by atoms with Crippen LogP contribution in [0.2, 0.25) is 0 Å². The van der Waals surface area contributed by atoms with Gasteiger partial charge in [0.1, 0.15) is 11.4 Å². The number of anilines is 2. The molecule has 1 saturated heterocycles. The lowest BCUT2D eigenvalue weighted by Gasteiger charge is -2.41. The van der Waals surface area contributed by atoms with Crippen LogP contribution in [0.1, 0.15) is 36.2 Å². The Morgan fingerprint density at radius 1 is 1.41 bits per heavy atom. The Kier molecular flexibility index (Phi) is 5.68. The van der Waals surface area contributed by atoms with Gasteiger partial charge in [0, 0.05) is 18.4 Å². The van der Waals surface area contributed by atoms with Crippen LogP contribution in [0.25, 0.3) is 0 Å². The van der Waals surface area contributed by atoms with Gasteiger partial charge in [-0.1, -0.05) is 6.92 Å². The summed E-state index contributed by atoms with van der Waals surface area (Å²) in [7, 11) is 0. The highest BCUT2D eigenvalue weighted by atomic mass is 19.1. The van der Waals surface area contributed by atoms with Crippen molar-refractivity contribution in [1.29, 1.82) is 5.26 Å². The number of rotatable bonds is 5. The number of aromatic nitrogens is 2. The molecule has 10 heteroatoms. The van der Waals surface area contributed by atoms with E-state index < -0.39 is 35.8 Å². The molecule has 3 rings (SSSR count). The van der Waals surface area contributed by atoms with E-state index in [1.165, 1.54) is 40.0 Å². The minimum absolute atomic E-state index is 0.0910. The number of carbonyl (C=O) groups is 2. The first-order valence-corrected chi connectivity index (χ1v) is 9.16. The summed E-state index contributed by atoms with van der Waals surface area (Å²) in [5.74, 6) is -1.46. The molecule has 0 aliphatic carbocycles. The first kappa shape index (κ1) is 20.1. The molecule has 1 aromatic heterocycles. The lowest BCUT2D eigenvalue weighted by molar-refractivity contribution is 0.0598. The Labute approximate surface area is 166 Å². The third-order valence-corrected chi connectivity index (χ3v) is 5.13. The van der Waals surface area contributed by atoms with Crippen molar-refractivity contribution in [3.8, 4) is 6.07 Å². The number of nitriles is 1. The Morgan fingerprint density at radius 3 is 2.66 bits per heavy atom. The molecule has 2 aromatic rings. The molecule has 2 heterocycles. The number of hydrogen-bond donors (Lipinski definition) is 3. The highest BCUT2D eigenvalue weighted by Crippen LogP contribution is 2.35. The number of benzene rings is 1. The number of carboxylic acid groups (broad SMARTS) is 1. The topological polar surface area (TPSA) is 137 Å². The van der Waals surface area contributed by atoms with Gasteiger partial charge in [0.2, 0.25) is 0 Å². The average Bonchev–Trinajstić information content (AvgIpc) is 3.12. The Hall–Kier alpha value is -3.61. The van der Waals surface area contributed by atoms with Crippen LogP contribution >= 0.6 is 0 Å². The maximum atomic E-state index is 13.1. The molecule has 4 N–H and O–H groups in total. The van der Waals surface area contributed by atoms with Crippen molar-refractivity contribution in [1.82, 2.24) is 14.7 Å². The number of hydrogen-bond acceptors (Lipinski definition) is 5. The summed E-state index contributed by atoms with van der Waals surface area (Å²) in [5.41, 5.74) is 6.07. The Morgan fingerprint density at radius 2 is 2.10 bits per heavy atom. The van der Waals surface area contributed by atoms with E-state index in [9.17, 15) is 24.3 Å². The predicted molar refractivity (Wildman–Crippen MR) is 102 cm³/mol. The van der Waals surface area contributed by atoms with Crippen LogP contribution in [0, 0.1) is 23.1 Å². The molecule has 9 nitrogen and oxygen atoms in total. The zero-order valence-electron chi connectivity index (χ0n) is 15.7. The quantitative estimate of drug-likeness (QED) is 0.706. The molecular weight excluding hydrogens is 379 g/mol. The molecule has 0 radical (unpaired) electrons. The highest BCUT2D eigenvalue weighted by Gasteiger charge is 2.41. The van der Waals surface area contributed by atoms with Gasteiger partial charge in [-0.05, 0) is 37.1 Å². The van der Waals surface area contributed by atoms with E-state index in [-0.39, 0.29) is 17.9 Å². The normalized spacial score (nSPS) is 21.4. The van der Waals surface area contributed by atoms with Gasteiger partial charge in [-0.25, -0.2) is 9.18 Å². The van der Waals surface area contributed by atoms with Gasteiger partial charge >= 0.3 is 6.09 Å². The minimum atomic E-state index is -1.06. The molecule has 2 amide bonds. The number of amides is 2. The van der Waals surface area contributed by atoms with E-state index in [1.807, 2.05) is 6.92 Å². The smallest absolute Gasteiger partial charge is 0.407 e. The van der Waals surface area contributed by atoms with Crippen molar-refractivity contribution >= 4 is 23.5 Å². The van der Waals surface area contributed by atoms with Gasteiger partial charge in [-0.3, -0.25) is 9.48 Å². The largest absolute Gasteiger partial charge is 0.465 e. The second-order valence-electron chi connectivity index (χ2n) is 6.83. The summed E-state index contributed by atoms with van der Waals surface area (Å²) in [6.45, 7) is 2.09. The number of carbonyl (C=O) groups excluding carboxylic acids is 1. The fraction of sp³-hybridized carbons (Fsp3) is 0.368. The summed E-state index contributed by atoms with van der Waals surface area (Å²) >= 11 is 0. The lowest BCUT2D eigenvalue weighted by Crippen LogP contribution is -2.51. The van der Waals surface area contributed by atoms with Gasteiger partial charge in [-0.15, -0.1) is 0 Å². The van der Waals surface area contributed by atoms with Gasteiger partial charge in [0.15, 0.2) is 5.82 Å². The lowest BCUT2D eigenvalue weighted by atomic mass is 9.85. The van der Waals surface area contributed by atoms with E-state index in [0.717, 1.165) is 0 Å². The monoisotopic (exact) mass is 400 g/mol. The summed E-state index contributed by atoms with van der Waals surface area (Å²) < 4.78 is 14.6. The summed E-state index contributed by atoms with van der Waals surface area (Å²) in [6.07, 6.45) is 1.19. The molecule has 1 aliphatic heterocycles. The zero-order chi connectivity index (χ0) is 21.1. The molecule has 0 bridgehead atoms. The number of piperidine rings is 1. The van der Waals surface area contributed by atoms with Crippen LogP contribution in [-0.2, 0) is 0 Å². The fourth-order valence-electron chi connectivity index (χ4n) is 3.76. The van der Waals surface area contributed by atoms with Crippen LogP contribution in [0.5, 0.6) is 0 Å². The van der Waals surface area contributed by atoms with Gasteiger partial charge in [0.05, 0.1) is 24.1 Å². The van der Waals surface area contributed by atoms with Crippen LogP contribution in [-0.4, -0.2) is 44.4 Å². The SMILES string of the molecule is CCC1[C@@H](n2cc(C(N)=O)c(Nc3ccc(F)cc3)n2)[C@H](C#N)CCN1C(=O)O.